The molecule has 1 fully saturated rings. The summed E-state index contributed by atoms with van der Waals surface area (Å²) in [4.78, 5) is 12.3. The first-order valence-corrected chi connectivity index (χ1v) is 7.17. The molecule has 0 saturated heterocycles. The van der Waals surface area contributed by atoms with Crippen LogP contribution >= 0.6 is 12.4 Å². The second-order valence-electron chi connectivity index (χ2n) is 5.74. The molecule has 114 valence electrons. The zero-order valence-corrected chi connectivity index (χ0v) is 12.9. The molecule has 0 bridgehead atoms. The second-order valence-corrected chi connectivity index (χ2v) is 5.74. The van der Waals surface area contributed by atoms with Crippen LogP contribution in [0.1, 0.15) is 44.4 Å². The van der Waals surface area contributed by atoms with Crippen LogP contribution in [0.5, 0.6) is 0 Å². The number of nitrogens with two attached hydrogens (primary N) is 1. The summed E-state index contributed by atoms with van der Waals surface area (Å²) in [5.74, 6) is 0.698. The van der Waals surface area contributed by atoms with Crippen LogP contribution in [-0.4, -0.2) is 11.4 Å². The Bertz CT molecular complexity index is 599. The number of furan rings is 1. The number of para-hydroxylation sites is 1. The maximum atomic E-state index is 12.3. The monoisotopic (exact) mass is 308 g/mol. The highest BCUT2D eigenvalue weighted by atomic mass is 35.5. The van der Waals surface area contributed by atoms with Gasteiger partial charge in [-0.1, -0.05) is 31.0 Å². The van der Waals surface area contributed by atoms with Crippen LogP contribution < -0.4 is 11.1 Å². The van der Waals surface area contributed by atoms with Crippen molar-refractivity contribution in [1.82, 2.24) is 5.32 Å². The van der Waals surface area contributed by atoms with Crippen LogP contribution in [0.25, 0.3) is 11.0 Å². The summed E-state index contributed by atoms with van der Waals surface area (Å²) in [6.45, 7) is 1.92. The summed E-state index contributed by atoms with van der Waals surface area (Å²) in [5, 5.41) is 4.03. The topological polar surface area (TPSA) is 68.3 Å². The zero-order chi connectivity index (χ0) is 14.2. The number of benzene rings is 1. The first kappa shape index (κ1) is 15.9. The number of hydrogen-bond acceptors (Lipinski definition) is 3. The van der Waals surface area contributed by atoms with E-state index in [0.29, 0.717) is 0 Å². The van der Waals surface area contributed by atoms with E-state index in [0.717, 1.165) is 42.4 Å². The van der Waals surface area contributed by atoms with Gasteiger partial charge in [-0.05, 0) is 31.9 Å². The van der Waals surface area contributed by atoms with Gasteiger partial charge in [-0.2, -0.15) is 0 Å². The smallest absolute Gasteiger partial charge is 0.240 e. The van der Waals surface area contributed by atoms with Crippen LogP contribution in [0.3, 0.4) is 0 Å². The number of fused-ring (bicyclic) bond motifs is 1. The van der Waals surface area contributed by atoms with Gasteiger partial charge < -0.3 is 15.5 Å². The fourth-order valence-corrected chi connectivity index (χ4v) is 2.86. The van der Waals surface area contributed by atoms with Gasteiger partial charge in [-0.3, -0.25) is 4.79 Å². The van der Waals surface area contributed by atoms with Crippen molar-refractivity contribution in [3.63, 3.8) is 0 Å². The maximum absolute atomic E-state index is 12.3. The van der Waals surface area contributed by atoms with Crippen molar-refractivity contribution in [3.05, 3.63) is 36.1 Å². The molecule has 5 heteroatoms. The van der Waals surface area contributed by atoms with Gasteiger partial charge in [0.1, 0.15) is 11.3 Å². The van der Waals surface area contributed by atoms with Crippen LogP contribution in [-0.2, 0) is 4.79 Å². The second kappa shape index (κ2) is 6.08. The molecule has 1 aromatic heterocycles. The van der Waals surface area contributed by atoms with E-state index in [1.165, 1.54) is 0 Å². The summed E-state index contributed by atoms with van der Waals surface area (Å²) in [6, 6.07) is 9.63. The molecule has 2 aromatic rings. The van der Waals surface area contributed by atoms with Gasteiger partial charge in [-0.25, -0.2) is 0 Å². The largest absolute Gasteiger partial charge is 0.459 e. The molecule has 0 radical (unpaired) electrons. The van der Waals surface area contributed by atoms with E-state index >= 15 is 0 Å². The van der Waals surface area contributed by atoms with Crippen molar-refractivity contribution < 1.29 is 9.21 Å². The highest BCUT2D eigenvalue weighted by Gasteiger charge is 2.37. The summed E-state index contributed by atoms with van der Waals surface area (Å²) in [7, 11) is 0. The number of halogens is 1. The molecule has 1 aliphatic rings. The van der Waals surface area contributed by atoms with E-state index in [-0.39, 0.29) is 24.4 Å². The van der Waals surface area contributed by atoms with Gasteiger partial charge in [0.25, 0.3) is 0 Å². The lowest BCUT2D eigenvalue weighted by Crippen LogP contribution is -2.52. The summed E-state index contributed by atoms with van der Waals surface area (Å²) in [5.41, 5.74) is 6.31. The molecule has 1 atom stereocenters. The number of nitrogens with one attached hydrogen (secondary N) is 1. The van der Waals surface area contributed by atoms with Gasteiger partial charge in [0, 0.05) is 5.39 Å². The average molecular weight is 309 g/mol. The van der Waals surface area contributed by atoms with E-state index in [4.69, 9.17) is 10.2 Å². The van der Waals surface area contributed by atoms with E-state index in [9.17, 15) is 4.79 Å². The van der Waals surface area contributed by atoms with Gasteiger partial charge in [-0.15, -0.1) is 12.4 Å². The number of carbonyl (C=O) groups is 1. The Morgan fingerprint density at radius 1 is 1.33 bits per heavy atom. The maximum Gasteiger partial charge on any atom is 0.240 e. The van der Waals surface area contributed by atoms with Gasteiger partial charge in [0.2, 0.25) is 5.91 Å². The third kappa shape index (κ3) is 3.06. The predicted octanol–water partition coefficient (Wildman–Crippen LogP) is 3.30. The first-order valence-electron chi connectivity index (χ1n) is 7.17. The number of amides is 1. The van der Waals surface area contributed by atoms with Gasteiger partial charge >= 0.3 is 0 Å². The molecular weight excluding hydrogens is 288 g/mol. The van der Waals surface area contributed by atoms with Crippen molar-refractivity contribution in [1.29, 1.82) is 0 Å². The first-order chi connectivity index (χ1) is 9.58. The predicted molar refractivity (Wildman–Crippen MR) is 85.4 cm³/mol. The van der Waals surface area contributed by atoms with E-state index < -0.39 is 5.54 Å². The molecule has 1 unspecified atom stereocenters. The molecule has 1 heterocycles. The molecule has 1 amide bonds. The standard InChI is InChI=1S/C16H20N2O2.ClH/c1-11(18-15(19)16(17)8-4-5-9-16)14-10-12-6-2-3-7-13(12)20-14;/h2-3,6-7,10-11H,4-5,8-9,17H2,1H3,(H,18,19);1H. The van der Waals surface area contributed by atoms with E-state index in [1.54, 1.807) is 0 Å². The minimum atomic E-state index is -0.694. The molecule has 3 rings (SSSR count). The van der Waals surface area contributed by atoms with Crippen LogP contribution in [0.4, 0.5) is 0 Å². The molecule has 0 spiro atoms. The van der Waals surface area contributed by atoms with Crippen LogP contribution in [0.15, 0.2) is 34.7 Å². The Kier molecular flexibility index (Phi) is 4.59. The Balaban J connectivity index is 0.00000161. The Hall–Kier alpha value is -1.52. The summed E-state index contributed by atoms with van der Waals surface area (Å²) >= 11 is 0. The van der Waals surface area contributed by atoms with Crippen molar-refractivity contribution in [2.75, 3.05) is 0 Å². The quantitative estimate of drug-likeness (QED) is 0.914. The Morgan fingerprint density at radius 3 is 2.67 bits per heavy atom. The summed E-state index contributed by atoms with van der Waals surface area (Å²) in [6.07, 6.45) is 3.60. The van der Waals surface area contributed by atoms with Gasteiger partial charge in [0.05, 0.1) is 11.6 Å². The normalized spacial score (nSPS) is 18.2. The Morgan fingerprint density at radius 2 is 2.00 bits per heavy atom. The van der Waals surface area contributed by atoms with Crippen molar-refractivity contribution in [2.24, 2.45) is 5.73 Å². The highest BCUT2D eigenvalue weighted by molar-refractivity contribution is 5.87. The van der Waals surface area contributed by atoms with Crippen LogP contribution in [0.2, 0.25) is 0 Å². The molecule has 1 aliphatic carbocycles. The molecule has 3 N–H and O–H groups in total. The Labute approximate surface area is 130 Å². The molecule has 21 heavy (non-hydrogen) atoms. The minimum Gasteiger partial charge on any atom is -0.459 e. The fourth-order valence-electron chi connectivity index (χ4n) is 2.86. The number of hydrogen-bond donors (Lipinski definition) is 2. The molecule has 4 nitrogen and oxygen atoms in total. The van der Waals surface area contributed by atoms with Crippen molar-refractivity contribution in [2.45, 2.75) is 44.2 Å². The van der Waals surface area contributed by atoms with E-state index in [1.807, 2.05) is 37.3 Å². The molecule has 1 saturated carbocycles. The third-order valence-electron chi connectivity index (χ3n) is 4.17. The summed E-state index contributed by atoms with van der Waals surface area (Å²) < 4.78 is 5.77. The number of rotatable bonds is 3. The average Bonchev–Trinajstić information content (AvgIpc) is 3.05. The third-order valence-corrected chi connectivity index (χ3v) is 4.17. The van der Waals surface area contributed by atoms with Crippen molar-refractivity contribution in [3.8, 4) is 0 Å². The van der Waals surface area contributed by atoms with E-state index in [2.05, 4.69) is 5.32 Å². The minimum absolute atomic E-state index is 0. The SMILES string of the molecule is CC(NC(=O)C1(N)CCCC1)c1cc2ccccc2o1.Cl. The lowest BCUT2D eigenvalue weighted by Gasteiger charge is -2.24. The molecular formula is C16H21ClN2O2. The van der Waals surface area contributed by atoms with Gasteiger partial charge in [0.15, 0.2) is 0 Å². The lowest BCUT2D eigenvalue weighted by molar-refractivity contribution is -0.126. The lowest BCUT2D eigenvalue weighted by atomic mass is 9.97. The van der Waals surface area contributed by atoms with Crippen LogP contribution in [0, 0.1) is 0 Å². The number of carbonyl (C=O) groups excluding carboxylic acids is 1. The highest BCUT2D eigenvalue weighted by Crippen LogP contribution is 2.29. The zero-order valence-electron chi connectivity index (χ0n) is 12.1. The fraction of sp³-hybridized carbons (Fsp3) is 0.438. The molecule has 0 aliphatic heterocycles. The van der Waals surface area contributed by atoms with Crippen molar-refractivity contribution >= 4 is 29.3 Å². The molecule has 1 aromatic carbocycles.